The zero-order chi connectivity index (χ0) is 23.9. The van der Waals surface area contributed by atoms with Gasteiger partial charge in [0.05, 0.1) is 30.0 Å². The number of nitro groups is 1. The van der Waals surface area contributed by atoms with Crippen molar-refractivity contribution in [3.63, 3.8) is 0 Å². The standard InChI is InChI=1S/C24H19N3O7/c1-31-21-6-2-3-7-22(21)32-15-19-8-9-23(34-19)24(28)26-16-11-17(27(29)30)13-20(12-16)33-18-5-4-10-25-14-18/h2-14H,15H2,1H3,(H,26,28). The highest BCUT2D eigenvalue weighted by Crippen LogP contribution is 2.30. The molecule has 0 spiro atoms. The smallest absolute Gasteiger partial charge is 0.291 e. The lowest BCUT2D eigenvalue weighted by molar-refractivity contribution is -0.384. The Morgan fingerprint density at radius 2 is 1.88 bits per heavy atom. The van der Waals surface area contributed by atoms with Gasteiger partial charge in [-0.2, -0.15) is 0 Å². The number of non-ortho nitro benzene ring substituents is 1. The summed E-state index contributed by atoms with van der Waals surface area (Å²) in [7, 11) is 1.54. The highest BCUT2D eigenvalue weighted by molar-refractivity contribution is 6.02. The van der Waals surface area contributed by atoms with Crippen molar-refractivity contribution in [1.29, 1.82) is 0 Å². The van der Waals surface area contributed by atoms with Crippen molar-refractivity contribution in [3.05, 3.63) is 101 Å². The van der Waals surface area contributed by atoms with Crippen molar-refractivity contribution in [2.75, 3.05) is 12.4 Å². The molecule has 0 atom stereocenters. The van der Waals surface area contributed by atoms with Gasteiger partial charge in [-0.1, -0.05) is 12.1 Å². The number of anilines is 1. The molecule has 0 aliphatic carbocycles. The van der Waals surface area contributed by atoms with E-state index in [4.69, 9.17) is 18.6 Å². The van der Waals surface area contributed by atoms with Gasteiger partial charge in [-0.3, -0.25) is 19.9 Å². The van der Waals surface area contributed by atoms with E-state index in [9.17, 15) is 14.9 Å². The lowest BCUT2D eigenvalue weighted by atomic mass is 10.2. The first-order valence-electron chi connectivity index (χ1n) is 10.0. The molecule has 34 heavy (non-hydrogen) atoms. The van der Waals surface area contributed by atoms with Crippen LogP contribution in [0.2, 0.25) is 0 Å². The number of ether oxygens (including phenoxy) is 3. The van der Waals surface area contributed by atoms with E-state index in [1.165, 1.54) is 30.5 Å². The predicted molar refractivity (Wildman–Crippen MR) is 121 cm³/mol. The number of carbonyl (C=O) groups excluding carboxylic acids is 1. The van der Waals surface area contributed by atoms with Crippen LogP contribution in [0, 0.1) is 10.1 Å². The molecule has 0 fully saturated rings. The maximum Gasteiger partial charge on any atom is 0.291 e. The highest BCUT2D eigenvalue weighted by atomic mass is 16.6. The maximum atomic E-state index is 12.7. The van der Waals surface area contributed by atoms with E-state index in [-0.39, 0.29) is 29.5 Å². The van der Waals surface area contributed by atoms with Gasteiger partial charge in [-0.25, -0.2) is 0 Å². The molecule has 0 saturated carbocycles. The predicted octanol–water partition coefficient (Wildman–Crippen LogP) is 5.22. The van der Waals surface area contributed by atoms with Gasteiger partial charge in [0.15, 0.2) is 17.3 Å². The van der Waals surface area contributed by atoms with Crippen molar-refractivity contribution in [2.45, 2.75) is 6.61 Å². The van der Waals surface area contributed by atoms with E-state index in [0.717, 1.165) is 0 Å². The van der Waals surface area contributed by atoms with Gasteiger partial charge in [0, 0.05) is 18.3 Å². The SMILES string of the molecule is COc1ccccc1OCc1ccc(C(=O)Nc2cc(Oc3cccnc3)cc([N+](=O)[O-])c2)o1. The molecule has 0 unspecified atom stereocenters. The molecule has 1 amide bonds. The van der Waals surface area contributed by atoms with Crippen molar-refractivity contribution >= 4 is 17.3 Å². The molecule has 0 aliphatic heterocycles. The summed E-state index contributed by atoms with van der Waals surface area (Å²) in [6, 6.07) is 17.5. The van der Waals surface area contributed by atoms with Gasteiger partial charge in [0.1, 0.15) is 23.9 Å². The molecule has 0 radical (unpaired) electrons. The van der Waals surface area contributed by atoms with E-state index in [1.54, 1.807) is 43.6 Å². The van der Waals surface area contributed by atoms with E-state index < -0.39 is 10.8 Å². The van der Waals surface area contributed by atoms with Crippen molar-refractivity contribution in [3.8, 4) is 23.0 Å². The quantitative estimate of drug-likeness (QED) is 0.266. The van der Waals surface area contributed by atoms with Crippen LogP contribution in [0.25, 0.3) is 0 Å². The first kappa shape index (κ1) is 22.3. The minimum Gasteiger partial charge on any atom is -0.493 e. The van der Waals surface area contributed by atoms with Gasteiger partial charge < -0.3 is 23.9 Å². The van der Waals surface area contributed by atoms with Gasteiger partial charge in [0.25, 0.3) is 11.6 Å². The largest absolute Gasteiger partial charge is 0.493 e. The lowest BCUT2D eigenvalue weighted by Gasteiger charge is -2.09. The molecular weight excluding hydrogens is 442 g/mol. The third-order valence-electron chi connectivity index (χ3n) is 4.55. The average molecular weight is 461 g/mol. The first-order valence-corrected chi connectivity index (χ1v) is 10.0. The Labute approximate surface area is 193 Å². The molecule has 2 aromatic carbocycles. The van der Waals surface area contributed by atoms with Crippen LogP contribution in [0.3, 0.4) is 0 Å². The second-order valence-corrected chi connectivity index (χ2v) is 6.92. The number of amides is 1. The number of methoxy groups -OCH3 is 1. The number of nitro benzene ring substituents is 1. The molecule has 4 rings (SSSR count). The normalized spacial score (nSPS) is 10.4. The van der Waals surface area contributed by atoms with Crippen LogP contribution in [-0.4, -0.2) is 22.9 Å². The number of hydrogen-bond acceptors (Lipinski definition) is 8. The summed E-state index contributed by atoms with van der Waals surface area (Å²) in [6.07, 6.45) is 3.04. The molecule has 0 bridgehead atoms. The van der Waals surface area contributed by atoms with Crippen LogP contribution >= 0.6 is 0 Å². The number of benzene rings is 2. The summed E-state index contributed by atoms with van der Waals surface area (Å²) in [5.41, 5.74) is -0.0802. The number of furan rings is 1. The molecule has 2 aromatic heterocycles. The van der Waals surface area contributed by atoms with Crippen LogP contribution in [-0.2, 0) is 6.61 Å². The van der Waals surface area contributed by atoms with Crippen molar-refractivity contribution in [2.24, 2.45) is 0 Å². The zero-order valence-electron chi connectivity index (χ0n) is 18.0. The fourth-order valence-corrected chi connectivity index (χ4v) is 3.02. The van der Waals surface area contributed by atoms with Gasteiger partial charge >= 0.3 is 0 Å². The van der Waals surface area contributed by atoms with E-state index >= 15 is 0 Å². The summed E-state index contributed by atoms with van der Waals surface area (Å²) in [5, 5.41) is 13.9. The second kappa shape index (κ2) is 10.2. The molecule has 4 aromatic rings. The number of hydrogen-bond donors (Lipinski definition) is 1. The summed E-state index contributed by atoms with van der Waals surface area (Å²) >= 11 is 0. The first-order chi connectivity index (χ1) is 16.5. The highest BCUT2D eigenvalue weighted by Gasteiger charge is 2.16. The fraction of sp³-hybridized carbons (Fsp3) is 0.0833. The number of pyridine rings is 1. The second-order valence-electron chi connectivity index (χ2n) is 6.92. The fourth-order valence-electron chi connectivity index (χ4n) is 3.02. The molecule has 10 heteroatoms. The topological polar surface area (TPSA) is 126 Å². The lowest BCUT2D eigenvalue weighted by Crippen LogP contribution is -2.11. The Bertz CT molecular complexity index is 1300. The zero-order valence-corrected chi connectivity index (χ0v) is 18.0. The summed E-state index contributed by atoms with van der Waals surface area (Å²) in [5.74, 6) is 1.51. The Morgan fingerprint density at radius 3 is 2.62 bits per heavy atom. The molecule has 10 nitrogen and oxygen atoms in total. The Balaban J connectivity index is 1.46. The number of aromatic nitrogens is 1. The maximum absolute atomic E-state index is 12.7. The summed E-state index contributed by atoms with van der Waals surface area (Å²) < 4.78 is 22.1. The third kappa shape index (κ3) is 5.49. The monoisotopic (exact) mass is 461 g/mol. The van der Waals surface area contributed by atoms with Crippen LogP contribution < -0.4 is 19.5 Å². The number of rotatable bonds is 9. The van der Waals surface area contributed by atoms with Gasteiger partial charge in [0.2, 0.25) is 0 Å². The number of para-hydroxylation sites is 2. The third-order valence-corrected chi connectivity index (χ3v) is 4.55. The molecule has 2 heterocycles. The van der Waals surface area contributed by atoms with E-state index in [0.29, 0.717) is 23.0 Å². The molecule has 0 saturated heterocycles. The summed E-state index contributed by atoms with van der Waals surface area (Å²) in [6.45, 7) is 0.0769. The van der Waals surface area contributed by atoms with E-state index in [1.807, 2.05) is 12.1 Å². The molecule has 1 N–H and O–H groups in total. The Morgan fingerprint density at radius 1 is 1.06 bits per heavy atom. The van der Waals surface area contributed by atoms with Crippen molar-refractivity contribution < 1.29 is 28.3 Å². The Hall–Kier alpha value is -4.86. The average Bonchev–Trinajstić information content (AvgIpc) is 3.33. The minimum atomic E-state index is -0.587. The van der Waals surface area contributed by atoms with Crippen LogP contribution in [0.4, 0.5) is 11.4 Å². The van der Waals surface area contributed by atoms with Crippen LogP contribution in [0.15, 0.2) is 83.5 Å². The van der Waals surface area contributed by atoms with Gasteiger partial charge in [-0.05, 0) is 36.4 Å². The minimum absolute atomic E-state index is 0.0138. The number of nitrogens with zero attached hydrogens (tertiary/aromatic N) is 2. The van der Waals surface area contributed by atoms with Crippen molar-refractivity contribution in [1.82, 2.24) is 4.98 Å². The summed E-state index contributed by atoms with van der Waals surface area (Å²) in [4.78, 5) is 27.4. The number of carbonyl (C=O) groups is 1. The van der Waals surface area contributed by atoms with E-state index in [2.05, 4.69) is 10.3 Å². The molecule has 172 valence electrons. The van der Waals surface area contributed by atoms with Gasteiger partial charge in [-0.15, -0.1) is 0 Å². The van der Waals surface area contributed by atoms with Crippen LogP contribution in [0.5, 0.6) is 23.0 Å². The number of nitrogens with one attached hydrogen (secondary N) is 1. The molecular formula is C24H19N3O7. The Kier molecular flexibility index (Phi) is 6.68. The molecule has 0 aliphatic rings. The van der Waals surface area contributed by atoms with Crippen LogP contribution in [0.1, 0.15) is 16.3 Å².